The van der Waals surface area contributed by atoms with Crippen LogP contribution in [0.1, 0.15) is 94.0 Å². The molecule has 9 rings (SSSR count). The number of ether oxygens (including phenoxy) is 2. The molecule has 0 saturated heterocycles. The van der Waals surface area contributed by atoms with Crippen molar-refractivity contribution in [1.29, 1.82) is 0 Å². The van der Waals surface area contributed by atoms with Gasteiger partial charge in [-0.2, -0.15) is 0 Å². The van der Waals surface area contributed by atoms with Crippen LogP contribution in [0.5, 0.6) is 11.5 Å². The monoisotopic (exact) mass is 745 g/mol. The molecule has 0 aliphatic carbocycles. The van der Waals surface area contributed by atoms with E-state index in [1.165, 1.54) is 62.0 Å². The molecular weight excluding hydrogens is 694 g/mol. The standard InChI is InChI=1S/C45H52FN5O4/c1-2-3-4-5-6-7-8-9-10-11-27-47-45(53)44-37-14-12-13-36(31-37)35-17-25-42(26-18-35)55-33-39-32-50(49-48-39)28-29-54-41-23-15-34(16-24-41)30-43(52)51(44)40-21-19-38(46)20-22-40/h12-26,31-32,44H,2-11,27-30,33H2,1H3,(H,47,53). The van der Waals surface area contributed by atoms with Crippen LogP contribution in [0, 0.1) is 5.82 Å². The minimum absolute atomic E-state index is 0.0166. The van der Waals surface area contributed by atoms with E-state index >= 15 is 0 Å². The SMILES string of the molecule is CCCCCCCCCCCCNC(=O)C1c2cccc(c2)-c2ccc(cc2)OCc2cn(nn2)CCOc2ccc(cc2)CC(=O)N1c1ccc(F)cc1. The second-order valence-corrected chi connectivity index (χ2v) is 14.2. The first-order valence-corrected chi connectivity index (χ1v) is 19.8. The summed E-state index contributed by atoms with van der Waals surface area (Å²) in [6.45, 7) is 3.86. The van der Waals surface area contributed by atoms with Crippen molar-refractivity contribution in [2.45, 2.75) is 96.7 Å². The Labute approximate surface area is 323 Å². The highest BCUT2D eigenvalue weighted by Gasteiger charge is 2.33. The summed E-state index contributed by atoms with van der Waals surface area (Å²) in [4.78, 5) is 30.4. The van der Waals surface area contributed by atoms with Gasteiger partial charge in [0, 0.05) is 12.2 Å². The van der Waals surface area contributed by atoms with Crippen molar-refractivity contribution in [3.63, 3.8) is 0 Å². The van der Waals surface area contributed by atoms with E-state index in [4.69, 9.17) is 9.47 Å². The van der Waals surface area contributed by atoms with Crippen molar-refractivity contribution in [3.05, 3.63) is 126 Å². The second-order valence-electron chi connectivity index (χ2n) is 14.2. The second kappa shape index (κ2) is 20.2. The molecule has 5 aromatic rings. The van der Waals surface area contributed by atoms with Crippen LogP contribution in [0.2, 0.25) is 0 Å². The van der Waals surface area contributed by atoms with Crippen LogP contribution in [0.4, 0.5) is 10.1 Å². The molecule has 4 aliphatic rings. The van der Waals surface area contributed by atoms with Crippen LogP contribution in [0.25, 0.3) is 11.1 Å². The van der Waals surface area contributed by atoms with Gasteiger partial charge in [0.1, 0.15) is 42.3 Å². The molecule has 2 amide bonds. The number of nitrogens with zero attached hydrogens (tertiary/aromatic N) is 4. The number of benzene rings is 4. The van der Waals surface area contributed by atoms with E-state index in [2.05, 4.69) is 22.6 Å². The smallest absolute Gasteiger partial charge is 0.247 e. The molecule has 1 aromatic heterocycles. The van der Waals surface area contributed by atoms with Gasteiger partial charge in [-0.1, -0.05) is 112 Å². The molecule has 1 atom stereocenters. The molecule has 4 aliphatic heterocycles. The molecular formula is C45H52FN5O4. The number of unbranched alkanes of at least 4 members (excludes halogenated alkanes) is 9. The number of aromatic nitrogens is 3. The Morgan fingerprint density at radius 3 is 2.20 bits per heavy atom. The van der Waals surface area contributed by atoms with Crippen molar-refractivity contribution in [1.82, 2.24) is 20.3 Å². The van der Waals surface area contributed by atoms with Gasteiger partial charge in [0.05, 0.1) is 19.2 Å². The van der Waals surface area contributed by atoms with Crippen LogP contribution >= 0.6 is 0 Å². The fourth-order valence-electron chi connectivity index (χ4n) is 6.90. The summed E-state index contributed by atoms with van der Waals surface area (Å²) in [5.41, 5.74) is 4.32. The third-order valence-electron chi connectivity index (χ3n) is 9.94. The third kappa shape index (κ3) is 11.5. The Hall–Kier alpha value is -5.51. The lowest BCUT2D eigenvalue weighted by Gasteiger charge is -2.32. The predicted molar refractivity (Wildman–Crippen MR) is 213 cm³/mol. The maximum atomic E-state index is 14.5. The van der Waals surface area contributed by atoms with E-state index < -0.39 is 11.9 Å². The number of hydrogen-bond donors (Lipinski definition) is 1. The highest BCUT2D eigenvalue weighted by Crippen LogP contribution is 2.33. The first-order chi connectivity index (χ1) is 27.0. The number of halogens is 1. The number of nitrogens with one attached hydrogen (secondary N) is 1. The number of rotatable bonds is 13. The lowest BCUT2D eigenvalue weighted by molar-refractivity contribution is -0.126. The Morgan fingerprint density at radius 1 is 0.800 bits per heavy atom. The Balaban J connectivity index is 1.27. The molecule has 9 nitrogen and oxygen atoms in total. The van der Waals surface area contributed by atoms with Gasteiger partial charge >= 0.3 is 0 Å². The Bertz CT molecular complexity index is 1950. The minimum atomic E-state index is -1.01. The number of amides is 2. The molecule has 0 fully saturated rings. The normalized spacial score (nSPS) is 14.7. The van der Waals surface area contributed by atoms with Gasteiger partial charge in [0.2, 0.25) is 11.8 Å². The summed E-state index contributed by atoms with van der Waals surface area (Å²) in [5, 5.41) is 11.6. The molecule has 1 unspecified atom stereocenters. The summed E-state index contributed by atoms with van der Waals surface area (Å²) < 4.78 is 27.9. The summed E-state index contributed by atoms with van der Waals surface area (Å²) in [7, 11) is 0. The molecule has 10 heteroatoms. The van der Waals surface area contributed by atoms with Crippen molar-refractivity contribution in [2.75, 3.05) is 18.1 Å². The molecule has 0 saturated carbocycles. The van der Waals surface area contributed by atoms with Crippen LogP contribution < -0.4 is 19.7 Å². The predicted octanol–water partition coefficient (Wildman–Crippen LogP) is 9.41. The maximum Gasteiger partial charge on any atom is 0.247 e. The molecule has 55 heavy (non-hydrogen) atoms. The van der Waals surface area contributed by atoms with E-state index in [9.17, 15) is 14.0 Å². The van der Waals surface area contributed by atoms with Crippen molar-refractivity contribution in [2.24, 2.45) is 0 Å². The summed E-state index contributed by atoms with van der Waals surface area (Å²) in [6, 6.07) is 27.5. The highest BCUT2D eigenvalue weighted by atomic mass is 19.1. The van der Waals surface area contributed by atoms with Crippen LogP contribution in [-0.2, 0) is 29.2 Å². The average molecular weight is 746 g/mol. The number of anilines is 1. The molecule has 5 heterocycles. The molecule has 1 N–H and O–H groups in total. The first kappa shape index (κ1) is 39.2. The van der Waals surface area contributed by atoms with Gasteiger partial charge in [0.25, 0.3) is 0 Å². The fraction of sp³-hybridized carbons (Fsp3) is 0.378. The molecule has 0 spiro atoms. The lowest BCUT2D eigenvalue weighted by atomic mass is 9.96. The quantitative estimate of drug-likeness (QED) is 0.121. The summed E-state index contributed by atoms with van der Waals surface area (Å²) in [5.74, 6) is 0.310. The van der Waals surface area contributed by atoms with Crippen molar-refractivity contribution in [3.8, 4) is 22.6 Å². The average Bonchev–Trinajstić information content (AvgIpc) is 3.66. The zero-order valence-corrected chi connectivity index (χ0v) is 31.8. The number of hydrogen-bond acceptors (Lipinski definition) is 6. The van der Waals surface area contributed by atoms with Crippen molar-refractivity contribution >= 4 is 17.5 Å². The largest absolute Gasteiger partial charge is 0.492 e. The van der Waals surface area contributed by atoms with E-state index in [-0.39, 0.29) is 24.8 Å². The zero-order valence-electron chi connectivity index (χ0n) is 31.8. The van der Waals surface area contributed by atoms with E-state index in [1.54, 1.807) is 16.8 Å². The van der Waals surface area contributed by atoms with E-state index in [0.717, 1.165) is 36.0 Å². The third-order valence-corrected chi connectivity index (χ3v) is 9.94. The van der Waals surface area contributed by atoms with Crippen LogP contribution in [0.15, 0.2) is 103 Å². The van der Waals surface area contributed by atoms with Gasteiger partial charge in [-0.3, -0.25) is 14.5 Å². The van der Waals surface area contributed by atoms with Crippen LogP contribution in [-0.4, -0.2) is 40.0 Å². The molecule has 288 valence electrons. The number of carbonyl (C=O) groups excluding carboxylic acids is 2. The van der Waals surface area contributed by atoms with Gasteiger partial charge in [-0.25, -0.2) is 9.07 Å². The van der Waals surface area contributed by atoms with Crippen LogP contribution in [0.3, 0.4) is 0 Å². The highest BCUT2D eigenvalue weighted by molar-refractivity contribution is 6.02. The summed E-state index contributed by atoms with van der Waals surface area (Å²) >= 11 is 0. The van der Waals surface area contributed by atoms with Gasteiger partial charge in [-0.05, 0) is 83.3 Å². The van der Waals surface area contributed by atoms with Gasteiger partial charge in [-0.15, -0.1) is 5.10 Å². The Kier molecular flexibility index (Phi) is 14.4. The molecule has 8 bridgehead atoms. The van der Waals surface area contributed by atoms with E-state index in [0.29, 0.717) is 48.1 Å². The maximum absolute atomic E-state index is 14.5. The topological polar surface area (TPSA) is 98.6 Å². The molecule has 0 radical (unpaired) electrons. The summed E-state index contributed by atoms with van der Waals surface area (Å²) in [6.07, 6.45) is 13.8. The zero-order chi connectivity index (χ0) is 38.2. The fourth-order valence-corrected chi connectivity index (χ4v) is 6.90. The van der Waals surface area contributed by atoms with Gasteiger partial charge < -0.3 is 14.8 Å². The first-order valence-electron chi connectivity index (χ1n) is 19.8. The Morgan fingerprint density at radius 2 is 1.47 bits per heavy atom. The minimum Gasteiger partial charge on any atom is -0.492 e. The van der Waals surface area contributed by atoms with Gasteiger partial charge in [0.15, 0.2) is 0 Å². The van der Waals surface area contributed by atoms with E-state index in [1.807, 2.05) is 79.0 Å². The number of carbonyl (C=O) groups is 2. The lowest BCUT2D eigenvalue weighted by Crippen LogP contribution is -2.45. The molecule has 4 aromatic carbocycles. The van der Waals surface area contributed by atoms with Crippen molar-refractivity contribution < 1.29 is 23.5 Å².